The molecular weight excluding hydrogens is 186 g/mol. The van der Waals surface area contributed by atoms with Gasteiger partial charge in [-0.05, 0) is 44.9 Å². The summed E-state index contributed by atoms with van der Waals surface area (Å²) in [6.45, 7) is 7.76. The molecule has 2 unspecified atom stereocenters. The Kier molecular flexibility index (Phi) is 3.36. The molecule has 2 aliphatic rings. The predicted molar refractivity (Wildman–Crippen MR) is 63.0 cm³/mol. The van der Waals surface area contributed by atoms with Crippen LogP contribution in [0.2, 0.25) is 0 Å². The van der Waals surface area contributed by atoms with Gasteiger partial charge in [-0.25, -0.2) is 0 Å². The summed E-state index contributed by atoms with van der Waals surface area (Å²) >= 11 is 0. The van der Waals surface area contributed by atoms with Gasteiger partial charge in [0, 0.05) is 18.7 Å². The molecule has 1 N–H and O–H groups in total. The van der Waals surface area contributed by atoms with E-state index in [2.05, 4.69) is 26.1 Å². The second kappa shape index (κ2) is 4.42. The van der Waals surface area contributed by atoms with Crippen LogP contribution in [0.3, 0.4) is 0 Å². The van der Waals surface area contributed by atoms with Gasteiger partial charge < -0.3 is 10.1 Å². The lowest BCUT2D eigenvalue weighted by Crippen LogP contribution is -2.51. The van der Waals surface area contributed by atoms with Crippen LogP contribution >= 0.6 is 0 Å². The molecule has 2 atom stereocenters. The Hall–Kier alpha value is -0.0800. The Morgan fingerprint density at radius 1 is 1.33 bits per heavy atom. The summed E-state index contributed by atoms with van der Waals surface area (Å²) in [6.07, 6.45) is 6.27. The Labute approximate surface area is 93.8 Å². The molecule has 1 saturated carbocycles. The zero-order valence-corrected chi connectivity index (χ0v) is 10.4. The molecule has 0 bridgehead atoms. The maximum atomic E-state index is 5.86. The molecule has 2 nitrogen and oxygen atoms in total. The first-order valence-corrected chi connectivity index (χ1v) is 6.51. The quantitative estimate of drug-likeness (QED) is 0.775. The standard InChI is InChI=1S/C13H25NO/c1-4-13(3)9-11(5-6-15-13)14-12-7-10(2)8-12/h10-12,14H,4-9H2,1-3H3. The summed E-state index contributed by atoms with van der Waals surface area (Å²) in [5.41, 5.74) is 0.130. The third-order valence-electron chi connectivity index (χ3n) is 4.19. The van der Waals surface area contributed by atoms with Crippen molar-refractivity contribution in [2.75, 3.05) is 6.61 Å². The monoisotopic (exact) mass is 211 g/mol. The van der Waals surface area contributed by atoms with Crippen LogP contribution in [0.15, 0.2) is 0 Å². The average molecular weight is 211 g/mol. The molecule has 1 aliphatic heterocycles. The van der Waals surface area contributed by atoms with Crippen LogP contribution in [-0.2, 0) is 4.74 Å². The fourth-order valence-electron chi connectivity index (χ4n) is 2.89. The minimum Gasteiger partial charge on any atom is -0.375 e. The molecule has 1 saturated heterocycles. The van der Waals surface area contributed by atoms with Gasteiger partial charge in [0.05, 0.1) is 5.60 Å². The van der Waals surface area contributed by atoms with E-state index >= 15 is 0 Å². The topological polar surface area (TPSA) is 21.3 Å². The van der Waals surface area contributed by atoms with Crippen molar-refractivity contribution >= 4 is 0 Å². The van der Waals surface area contributed by atoms with E-state index in [4.69, 9.17) is 4.74 Å². The highest BCUT2D eigenvalue weighted by Crippen LogP contribution is 2.31. The maximum absolute atomic E-state index is 5.86. The SMILES string of the molecule is CCC1(C)CC(NC2CC(C)C2)CCO1. The highest BCUT2D eigenvalue weighted by atomic mass is 16.5. The largest absolute Gasteiger partial charge is 0.375 e. The van der Waals surface area contributed by atoms with Gasteiger partial charge in [0.1, 0.15) is 0 Å². The highest BCUT2D eigenvalue weighted by Gasteiger charge is 2.34. The maximum Gasteiger partial charge on any atom is 0.0666 e. The second-order valence-electron chi connectivity index (χ2n) is 5.78. The Morgan fingerprint density at radius 2 is 2.07 bits per heavy atom. The van der Waals surface area contributed by atoms with Crippen LogP contribution < -0.4 is 5.32 Å². The molecule has 0 aromatic heterocycles. The van der Waals surface area contributed by atoms with Crippen LogP contribution in [0.1, 0.15) is 52.9 Å². The first-order valence-electron chi connectivity index (χ1n) is 6.51. The number of hydrogen-bond acceptors (Lipinski definition) is 2. The van der Waals surface area contributed by atoms with Crippen molar-refractivity contribution in [3.63, 3.8) is 0 Å². The van der Waals surface area contributed by atoms with Crippen LogP contribution in [0.25, 0.3) is 0 Å². The van der Waals surface area contributed by atoms with Gasteiger partial charge in [-0.2, -0.15) is 0 Å². The van der Waals surface area contributed by atoms with Crippen molar-refractivity contribution in [1.82, 2.24) is 5.32 Å². The summed E-state index contributed by atoms with van der Waals surface area (Å²) in [4.78, 5) is 0. The molecule has 0 aromatic carbocycles. The minimum atomic E-state index is 0.130. The first kappa shape index (κ1) is 11.4. The fraction of sp³-hybridized carbons (Fsp3) is 1.00. The molecule has 1 heterocycles. The van der Waals surface area contributed by atoms with E-state index in [0.717, 1.165) is 25.0 Å². The van der Waals surface area contributed by atoms with Crippen LogP contribution in [0.4, 0.5) is 0 Å². The van der Waals surface area contributed by atoms with Crippen molar-refractivity contribution in [2.45, 2.75) is 70.6 Å². The van der Waals surface area contributed by atoms with E-state index in [-0.39, 0.29) is 5.60 Å². The Balaban J connectivity index is 1.78. The van der Waals surface area contributed by atoms with E-state index in [0.29, 0.717) is 6.04 Å². The highest BCUT2D eigenvalue weighted by molar-refractivity contribution is 4.90. The normalized spacial score (nSPS) is 46.2. The van der Waals surface area contributed by atoms with E-state index in [9.17, 15) is 0 Å². The summed E-state index contributed by atoms with van der Waals surface area (Å²) in [5, 5.41) is 3.80. The fourth-order valence-corrected chi connectivity index (χ4v) is 2.89. The zero-order chi connectivity index (χ0) is 10.9. The van der Waals surface area contributed by atoms with Crippen LogP contribution in [-0.4, -0.2) is 24.3 Å². The average Bonchev–Trinajstić information content (AvgIpc) is 2.16. The molecular formula is C13H25NO. The van der Waals surface area contributed by atoms with Crippen LogP contribution in [0, 0.1) is 5.92 Å². The van der Waals surface area contributed by atoms with Crippen molar-refractivity contribution in [2.24, 2.45) is 5.92 Å². The van der Waals surface area contributed by atoms with E-state index < -0.39 is 0 Å². The minimum absolute atomic E-state index is 0.130. The summed E-state index contributed by atoms with van der Waals surface area (Å²) in [6, 6.07) is 1.49. The third kappa shape index (κ3) is 2.73. The van der Waals surface area contributed by atoms with Gasteiger partial charge in [-0.1, -0.05) is 13.8 Å². The summed E-state index contributed by atoms with van der Waals surface area (Å²) < 4.78 is 5.86. The van der Waals surface area contributed by atoms with E-state index in [1.165, 1.54) is 25.7 Å². The van der Waals surface area contributed by atoms with E-state index in [1.807, 2.05) is 0 Å². The molecule has 2 fully saturated rings. The number of nitrogens with one attached hydrogen (secondary N) is 1. The molecule has 2 rings (SSSR count). The number of rotatable bonds is 3. The van der Waals surface area contributed by atoms with Crippen LogP contribution in [0.5, 0.6) is 0 Å². The Morgan fingerprint density at radius 3 is 2.67 bits per heavy atom. The van der Waals surface area contributed by atoms with Gasteiger partial charge in [-0.3, -0.25) is 0 Å². The van der Waals surface area contributed by atoms with Gasteiger partial charge in [0.2, 0.25) is 0 Å². The molecule has 0 radical (unpaired) electrons. The van der Waals surface area contributed by atoms with Crippen molar-refractivity contribution in [3.8, 4) is 0 Å². The Bertz CT molecular complexity index is 213. The summed E-state index contributed by atoms with van der Waals surface area (Å²) in [7, 11) is 0. The summed E-state index contributed by atoms with van der Waals surface area (Å²) in [5.74, 6) is 0.944. The van der Waals surface area contributed by atoms with Crippen molar-refractivity contribution in [1.29, 1.82) is 0 Å². The molecule has 1 aliphatic carbocycles. The van der Waals surface area contributed by atoms with Gasteiger partial charge in [0.15, 0.2) is 0 Å². The number of hydrogen-bond donors (Lipinski definition) is 1. The second-order valence-corrected chi connectivity index (χ2v) is 5.78. The smallest absolute Gasteiger partial charge is 0.0666 e. The lowest BCUT2D eigenvalue weighted by molar-refractivity contribution is -0.0806. The molecule has 15 heavy (non-hydrogen) atoms. The third-order valence-corrected chi connectivity index (χ3v) is 4.19. The van der Waals surface area contributed by atoms with Crippen molar-refractivity contribution < 1.29 is 4.74 Å². The molecule has 88 valence electrons. The first-order chi connectivity index (χ1) is 7.11. The molecule has 0 amide bonds. The number of ether oxygens (including phenoxy) is 1. The molecule has 2 heteroatoms. The lowest BCUT2D eigenvalue weighted by atomic mass is 9.80. The zero-order valence-electron chi connectivity index (χ0n) is 10.4. The molecule has 0 aromatic rings. The van der Waals surface area contributed by atoms with Gasteiger partial charge in [-0.15, -0.1) is 0 Å². The van der Waals surface area contributed by atoms with Crippen molar-refractivity contribution in [3.05, 3.63) is 0 Å². The predicted octanol–water partition coefficient (Wildman–Crippen LogP) is 2.72. The van der Waals surface area contributed by atoms with Gasteiger partial charge in [0.25, 0.3) is 0 Å². The lowest BCUT2D eigenvalue weighted by Gasteiger charge is -2.42. The van der Waals surface area contributed by atoms with Gasteiger partial charge >= 0.3 is 0 Å². The van der Waals surface area contributed by atoms with E-state index in [1.54, 1.807) is 0 Å². The molecule has 0 spiro atoms.